The molecule has 2 aromatic heterocycles. The van der Waals surface area contributed by atoms with Crippen molar-refractivity contribution in [2.45, 2.75) is 58.5 Å². The molecular formula is C23H30N6O. The van der Waals surface area contributed by atoms with E-state index in [1.807, 2.05) is 11.0 Å². The van der Waals surface area contributed by atoms with Gasteiger partial charge in [0.05, 0.1) is 0 Å². The number of anilines is 1. The molecule has 4 heterocycles. The SMILES string of the molecule is CC(C)Cn1ccc2cc(NC(=O)N3CCC[C@H](c4nnc5n4CCC5)C3)ccc21. The zero-order valence-electron chi connectivity index (χ0n) is 17.8. The number of hydrogen-bond acceptors (Lipinski definition) is 3. The van der Waals surface area contributed by atoms with Crippen LogP contribution in [0.5, 0.6) is 0 Å². The monoisotopic (exact) mass is 406 g/mol. The molecule has 158 valence electrons. The van der Waals surface area contributed by atoms with Gasteiger partial charge in [-0.3, -0.25) is 0 Å². The fourth-order valence-corrected chi connectivity index (χ4v) is 4.88. The molecule has 2 amide bonds. The van der Waals surface area contributed by atoms with Crippen LogP contribution in [0.3, 0.4) is 0 Å². The Morgan fingerprint density at radius 2 is 2.10 bits per heavy atom. The number of nitrogens with one attached hydrogen (secondary N) is 1. The quantitative estimate of drug-likeness (QED) is 0.704. The van der Waals surface area contributed by atoms with Crippen LogP contribution in [0.1, 0.15) is 50.7 Å². The van der Waals surface area contributed by atoms with Gasteiger partial charge in [0.1, 0.15) is 11.6 Å². The summed E-state index contributed by atoms with van der Waals surface area (Å²) in [5.41, 5.74) is 2.06. The molecule has 0 radical (unpaired) electrons. The molecule has 1 saturated heterocycles. The van der Waals surface area contributed by atoms with Crippen LogP contribution in [0, 0.1) is 5.92 Å². The largest absolute Gasteiger partial charge is 0.347 e. The van der Waals surface area contributed by atoms with Crippen molar-refractivity contribution >= 4 is 22.6 Å². The predicted octanol–water partition coefficient (Wildman–Crippen LogP) is 4.25. The standard InChI is InChI=1S/C23H30N6O/c1-16(2)14-27-12-9-17-13-19(7-8-20(17)27)24-23(30)28-10-3-5-18(15-28)22-26-25-21-6-4-11-29(21)22/h7-9,12-13,16,18H,3-6,10-11,14-15H2,1-2H3,(H,24,30)/t18-/m0/s1. The summed E-state index contributed by atoms with van der Waals surface area (Å²) >= 11 is 0. The highest BCUT2D eigenvalue weighted by atomic mass is 16.2. The fraction of sp³-hybridized carbons (Fsp3) is 0.522. The Balaban J connectivity index is 1.27. The van der Waals surface area contributed by atoms with E-state index in [-0.39, 0.29) is 11.9 Å². The summed E-state index contributed by atoms with van der Waals surface area (Å²) in [7, 11) is 0. The first kappa shape index (κ1) is 19.2. The van der Waals surface area contributed by atoms with Crippen molar-refractivity contribution in [1.82, 2.24) is 24.2 Å². The van der Waals surface area contributed by atoms with Crippen molar-refractivity contribution in [3.8, 4) is 0 Å². The summed E-state index contributed by atoms with van der Waals surface area (Å²) in [4.78, 5) is 14.9. The van der Waals surface area contributed by atoms with Crippen LogP contribution >= 0.6 is 0 Å². The summed E-state index contributed by atoms with van der Waals surface area (Å²) in [6.45, 7) is 7.95. The number of amides is 2. The smallest absolute Gasteiger partial charge is 0.321 e. The molecule has 7 heteroatoms. The van der Waals surface area contributed by atoms with Gasteiger partial charge in [-0.2, -0.15) is 0 Å². The number of rotatable bonds is 4. The number of fused-ring (bicyclic) bond motifs is 2. The van der Waals surface area contributed by atoms with Gasteiger partial charge in [-0.15, -0.1) is 10.2 Å². The molecule has 5 rings (SSSR count). The van der Waals surface area contributed by atoms with Gasteiger partial charge < -0.3 is 19.4 Å². The number of nitrogens with zero attached hydrogens (tertiary/aromatic N) is 5. The molecule has 0 aliphatic carbocycles. The average molecular weight is 407 g/mol. The zero-order valence-corrected chi connectivity index (χ0v) is 17.8. The summed E-state index contributed by atoms with van der Waals surface area (Å²) in [5, 5.41) is 13.1. The van der Waals surface area contributed by atoms with Crippen LogP contribution in [-0.2, 0) is 19.5 Å². The Hall–Kier alpha value is -2.83. The lowest BCUT2D eigenvalue weighted by Gasteiger charge is -2.32. The first-order valence-electron chi connectivity index (χ1n) is 11.2. The molecule has 1 atom stereocenters. The third-order valence-corrected chi connectivity index (χ3v) is 6.30. The van der Waals surface area contributed by atoms with Gasteiger partial charge in [0.15, 0.2) is 0 Å². The number of benzene rings is 1. The lowest BCUT2D eigenvalue weighted by Crippen LogP contribution is -2.42. The summed E-state index contributed by atoms with van der Waals surface area (Å²) in [6.07, 6.45) is 6.36. The first-order chi connectivity index (χ1) is 14.6. The molecule has 3 aromatic rings. The van der Waals surface area contributed by atoms with E-state index in [0.717, 1.165) is 68.0 Å². The Bertz CT molecular complexity index is 1070. The fourth-order valence-electron chi connectivity index (χ4n) is 4.88. The van der Waals surface area contributed by atoms with Crippen LogP contribution in [0.4, 0.5) is 10.5 Å². The molecule has 7 nitrogen and oxygen atoms in total. The van der Waals surface area contributed by atoms with Gasteiger partial charge in [0, 0.05) is 61.3 Å². The Morgan fingerprint density at radius 3 is 2.97 bits per heavy atom. The highest BCUT2D eigenvalue weighted by Crippen LogP contribution is 2.29. The van der Waals surface area contributed by atoms with Gasteiger partial charge in [0.25, 0.3) is 0 Å². The topological polar surface area (TPSA) is 68.0 Å². The van der Waals surface area contributed by atoms with Crippen molar-refractivity contribution in [2.75, 3.05) is 18.4 Å². The van der Waals surface area contributed by atoms with Crippen molar-refractivity contribution < 1.29 is 4.79 Å². The number of carbonyl (C=O) groups excluding carboxylic acids is 1. The number of aromatic nitrogens is 4. The highest BCUT2D eigenvalue weighted by molar-refractivity contribution is 5.93. The minimum atomic E-state index is -0.0261. The maximum atomic E-state index is 13.0. The molecule has 0 spiro atoms. The van der Waals surface area contributed by atoms with Crippen LogP contribution < -0.4 is 5.32 Å². The van der Waals surface area contributed by atoms with Crippen molar-refractivity contribution in [3.05, 3.63) is 42.1 Å². The summed E-state index contributed by atoms with van der Waals surface area (Å²) in [6, 6.07) is 8.27. The number of piperidine rings is 1. The lowest BCUT2D eigenvalue weighted by molar-refractivity contribution is 0.190. The van der Waals surface area contributed by atoms with Gasteiger partial charge in [-0.25, -0.2) is 4.79 Å². The van der Waals surface area contributed by atoms with E-state index in [4.69, 9.17) is 0 Å². The molecule has 2 aliphatic rings. The summed E-state index contributed by atoms with van der Waals surface area (Å²) in [5.74, 6) is 3.03. The molecule has 2 aliphatic heterocycles. The molecule has 1 fully saturated rings. The Morgan fingerprint density at radius 1 is 1.20 bits per heavy atom. The van der Waals surface area contributed by atoms with E-state index in [0.29, 0.717) is 12.5 Å². The minimum absolute atomic E-state index is 0.0261. The van der Waals surface area contributed by atoms with Gasteiger partial charge in [-0.1, -0.05) is 13.8 Å². The third kappa shape index (κ3) is 3.57. The molecule has 0 saturated carbocycles. The number of aryl methyl sites for hydroxylation is 1. The second kappa shape index (κ2) is 7.78. The molecular weight excluding hydrogens is 376 g/mol. The van der Waals surface area contributed by atoms with E-state index in [2.05, 4.69) is 62.9 Å². The van der Waals surface area contributed by atoms with E-state index in [9.17, 15) is 4.79 Å². The van der Waals surface area contributed by atoms with Crippen LogP contribution in [0.25, 0.3) is 10.9 Å². The van der Waals surface area contributed by atoms with E-state index in [1.165, 1.54) is 5.52 Å². The van der Waals surface area contributed by atoms with Crippen molar-refractivity contribution in [3.63, 3.8) is 0 Å². The Kier molecular flexibility index (Phi) is 4.97. The normalized spacial score (nSPS) is 18.9. The molecule has 1 N–H and O–H groups in total. The second-order valence-electron chi connectivity index (χ2n) is 9.08. The maximum Gasteiger partial charge on any atom is 0.321 e. The number of carbonyl (C=O) groups is 1. The Labute approximate surface area is 177 Å². The molecule has 0 bridgehead atoms. The van der Waals surface area contributed by atoms with Gasteiger partial charge in [0.2, 0.25) is 0 Å². The van der Waals surface area contributed by atoms with Crippen LogP contribution in [0.15, 0.2) is 30.5 Å². The predicted molar refractivity (Wildman–Crippen MR) is 118 cm³/mol. The molecule has 0 unspecified atom stereocenters. The number of urea groups is 1. The molecule has 30 heavy (non-hydrogen) atoms. The highest BCUT2D eigenvalue weighted by Gasteiger charge is 2.30. The third-order valence-electron chi connectivity index (χ3n) is 6.30. The van der Waals surface area contributed by atoms with E-state index >= 15 is 0 Å². The molecule has 1 aromatic carbocycles. The lowest BCUT2D eigenvalue weighted by atomic mass is 9.97. The summed E-state index contributed by atoms with van der Waals surface area (Å²) < 4.78 is 4.54. The average Bonchev–Trinajstić information content (AvgIpc) is 3.44. The number of hydrogen-bond donors (Lipinski definition) is 1. The van der Waals surface area contributed by atoms with Gasteiger partial charge in [-0.05, 0) is 49.4 Å². The first-order valence-corrected chi connectivity index (χ1v) is 11.2. The minimum Gasteiger partial charge on any atom is -0.347 e. The zero-order chi connectivity index (χ0) is 20.7. The van der Waals surface area contributed by atoms with E-state index in [1.54, 1.807) is 0 Å². The van der Waals surface area contributed by atoms with Crippen LogP contribution in [0.2, 0.25) is 0 Å². The van der Waals surface area contributed by atoms with Gasteiger partial charge >= 0.3 is 6.03 Å². The van der Waals surface area contributed by atoms with Crippen LogP contribution in [-0.4, -0.2) is 43.4 Å². The van der Waals surface area contributed by atoms with E-state index < -0.39 is 0 Å². The second-order valence-corrected chi connectivity index (χ2v) is 9.08. The number of likely N-dealkylation sites (tertiary alicyclic amines) is 1. The van der Waals surface area contributed by atoms with Crippen molar-refractivity contribution in [1.29, 1.82) is 0 Å². The van der Waals surface area contributed by atoms with Crippen molar-refractivity contribution in [2.24, 2.45) is 5.92 Å². The maximum absolute atomic E-state index is 13.0.